The maximum Gasteiger partial charge on any atom is 0.297 e. The molecule has 3 rings (SSSR count). The SMILES string of the molecule is COc1ccc(C2CCCCC2(OS(=O)(=O)c2ccc(C)cc2)C(C)CN(C)C)cc1OC. The van der Waals surface area contributed by atoms with Crippen LogP contribution in [0.1, 0.15) is 49.7 Å². The van der Waals surface area contributed by atoms with Crippen molar-refractivity contribution in [1.82, 2.24) is 4.90 Å². The van der Waals surface area contributed by atoms with E-state index in [1.54, 1.807) is 38.5 Å². The summed E-state index contributed by atoms with van der Waals surface area (Å²) >= 11 is 0. The van der Waals surface area contributed by atoms with Crippen molar-refractivity contribution in [2.75, 3.05) is 34.9 Å². The van der Waals surface area contributed by atoms with E-state index in [1.165, 1.54) is 0 Å². The van der Waals surface area contributed by atoms with Gasteiger partial charge in [-0.25, -0.2) is 0 Å². The highest BCUT2D eigenvalue weighted by atomic mass is 32.2. The van der Waals surface area contributed by atoms with Crippen LogP contribution in [0.25, 0.3) is 0 Å². The Kier molecular flexibility index (Phi) is 8.08. The largest absolute Gasteiger partial charge is 0.493 e. The van der Waals surface area contributed by atoms with E-state index in [1.807, 2.05) is 39.2 Å². The number of aryl methyl sites for hydroxylation is 1. The predicted molar refractivity (Wildman–Crippen MR) is 131 cm³/mol. The van der Waals surface area contributed by atoms with Crippen LogP contribution in [0.4, 0.5) is 0 Å². The molecule has 2 aromatic carbocycles. The number of hydrogen-bond acceptors (Lipinski definition) is 6. The smallest absolute Gasteiger partial charge is 0.297 e. The molecule has 0 aromatic heterocycles. The Morgan fingerprint density at radius 3 is 2.30 bits per heavy atom. The quantitative estimate of drug-likeness (QED) is 0.475. The molecule has 0 N–H and O–H groups in total. The van der Waals surface area contributed by atoms with Gasteiger partial charge in [0.05, 0.1) is 24.7 Å². The third-order valence-corrected chi connectivity index (χ3v) is 8.14. The normalized spacial score (nSPS) is 22.2. The van der Waals surface area contributed by atoms with Gasteiger partial charge in [0.25, 0.3) is 10.1 Å². The zero-order chi connectivity index (χ0) is 24.2. The second kappa shape index (κ2) is 10.5. The lowest BCUT2D eigenvalue weighted by Crippen LogP contribution is -2.51. The summed E-state index contributed by atoms with van der Waals surface area (Å²) in [6.45, 7) is 4.75. The van der Waals surface area contributed by atoms with Crippen molar-refractivity contribution in [1.29, 1.82) is 0 Å². The summed E-state index contributed by atoms with van der Waals surface area (Å²) in [4.78, 5) is 2.29. The van der Waals surface area contributed by atoms with Crippen molar-refractivity contribution in [2.45, 2.75) is 55.9 Å². The molecule has 0 spiro atoms. The van der Waals surface area contributed by atoms with E-state index in [-0.39, 0.29) is 16.7 Å². The van der Waals surface area contributed by atoms with E-state index >= 15 is 0 Å². The van der Waals surface area contributed by atoms with Gasteiger partial charge >= 0.3 is 0 Å². The van der Waals surface area contributed by atoms with Crippen molar-refractivity contribution >= 4 is 10.1 Å². The van der Waals surface area contributed by atoms with Crippen molar-refractivity contribution in [3.05, 3.63) is 53.6 Å². The summed E-state index contributed by atoms with van der Waals surface area (Å²) in [6.07, 6.45) is 3.46. The fraction of sp³-hybridized carbons (Fsp3) is 0.538. The van der Waals surface area contributed by atoms with Crippen molar-refractivity contribution in [3.63, 3.8) is 0 Å². The number of nitrogens with zero attached hydrogens (tertiary/aromatic N) is 1. The van der Waals surface area contributed by atoms with Crippen LogP contribution in [0.2, 0.25) is 0 Å². The molecule has 1 saturated carbocycles. The number of rotatable bonds is 9. The standard InChI is InChI=1S/C26H37NO5S/c1-19-10-13-22(14-11-19)33(28,29)32-26(20(2)18-27(3)4)16-8-7-9-23(26)21-12-15-24(30-5)25(17-21)31-6/h10-15,17,20,23H,7-9,16,18H2,1-6H3. The number of benzene rings is 2. The minimum absolute atomic E-state index is 0.0221. The zero-order valence-corrected chi connectivity index (χ0v) is 21.4. The first-order valence-corrected chi connectivity index (χ1v) is 12.9. The molecule has 33 heavy (non-hydrogen) atoms. The summed E-state index contributed by atoms with van der Waals surface area (Å²) < 4.78 is 44.3. The zero-order valence-electron chi connectivity index (χ0n) is 20.6. The summed E-state index contributed by atoms with van der Waals surface area (Å²) in [7, 11) is 3.28. The molecule has 3 unspecified atom stereocenters. The first-order valence-electron chi connectivity index (χ1n) is 11.5. The topological polar surface area (TPSA) is 65.1 Å². The summed E-state index contributed by atoms with van der Waals surface area (Å²) in [5, 5.41) is 0. The molecule has 0 saturated heterocycles. The third kappa shape index (κ3) is 5.53. The molecular formula is C26H37NO5S. The van der Waals surface area contributed by atoms with Gasteiger partial charge in [0, 0.05) is 12.5 Å². The third-order valence-electron chi connectivity index (χ3n) is 6.76. The van der Waals surface area contributed by atoms with Crippen LogP contribution in [0, 0.1) is 12.8 Å². The summed E-state index contributed by atoms with van der Waals surface area (Å²) in [5.74, 6) is 1.17. The maximum absolute atomic E-state index is 13.5. The lowest BCUT2D eigenvalue weighted by molar-refractivity contribution is -0.0396. The average molecular weight is 476 g/mol. The fourth-order valence-corrected chi connectivity index (χ4v) is 6.46. The fourth-order valence-electron chi connectivity index (χ4n) is 5.12. The van der Waals surface area contributed by atoms with Gasteiger partial charge in [0.2, 0.25) is 0 Å². The van der Waals surface area contributed by atoms with E-state index in [9.17, 15) is 8.42 Å². The van der Waals surface area contributed by atoms with Gasteiger partial charge < -0.3 is 14.4 Å². The minimum Gasteiger partial charge on any atom is -0.493 e. The molecule has 1 fully saturated rings. The Hall–Kier alpha value is -2.09. The predicted octanol–water partition coefficient (Wildman–Crippen LogP) is 5.01. The van der Waals surface area contributed by atoms with E-state index in [0.29, 0.717) is 24.5 Å². The van der Waals surface area contributed by atoms with Crippen LogP contribution < -0.4 is 9.47 Å². The summed E-state index contributed by atoms with van der Waals surface area (Å²) in [5.41, 5.74) is 1.15. The van der Waals surface area contributed by atoms with Crippen molar-refractivity contribution in [2.24, 2.45) is 5.92 Å². The lowest BCUT2D eigenvalue weighted by atomic mass is 9.66. The van der Waals surface area contributed by atoms with Gasteiger partial charge in [-0.2, -0.15) is 8.42 Å². The lowest BCUT2D eigenvalue weighted by Gasteiger charge is -2.48. The first kappa shape index (κ1) is 25.5. The van der Waals surface area contributed by atoms with Gasteiger partial charge in [-0.15, -0.1) is 0 Å². The number of methoxy groups -OCH3 is 2. The van der Waals surface area contributed by atoms with Crippen LogP contribution >= 0.6 is 0 Å². The molecule has 1 aliphatic rings. The Morgan fingerprint density at radius 2 is 1.70 bits per heavy atom. The summed E-state index contributed by atoms with van der Waals surface area (Å²) in [6, 6.07) is 12.7. The molecule has 6 nitrogen and oxygen atoms in total. The van der Waals surface area contributed by atoms with E-state index in [0.717, 1.165) is 30.4 Å². The Labute approximate surface area is 199 Å². The van der Waals surface area contributed by atoms with Gasteiger partial charge in [0.1, 0.15) is 0 Å². The highest BCUT2D eigenvalue weighted by Crippen LogP contribution is 2.50. The van der Waals surface area contributed by atoms with Gasteiger partial charge in [-0.05, 0) is 69.6 Å². The minimum atomic E-state index is -3.96. The molecule has 7 heteroatoms. The molecule has 0 aliphatic heterocycles. The monoisotopic (exact) mass is 475 g/mol. The Morgan fingerprint density at radius 1 is 1.03 bits per heavy atom. The van der Waals surface area contributed by atoms with E-state index < -0.39 is 15.7 Å². The van der Waals surface area contributed by atoms with Gasteiger partial charge in [-0.3, -0.25) is 4.18 Å². The molecule has 3 atom stereocenters. The van der Waals surface area contributed by atoms with E-state index in [4.69, 9.17) is 13.7 Å². The molecule has 182 valence electrons. The molecule has 0 amide bonds. The molecule has 0 bridgehead atoms. The highest BCUT2D eigenvalue weighted by Gasteiger charge is 2.50. The van der Waals surface area contributed by atoms with Crippen molar-refractivity contribution in [3.8, 4) is 11.5 Å². The van der Waals surface area contributed by atoms with Gasteiger partial charge in [0.15, 0.2) is 11.5 Å². The second-order valence-corrected chi connectivity index (χ2v) is 10.9. The maximum atomic E-state index is 13.5. The second-order valence-electron chi connectivity index (χ2n) is 9.38. The molecule has 2 aromatic rings. The molecular weight excluding hydrogens is 438 g/mol. The number of ether oxygens (including phenoxy) is 2. The van der Waals surface area contributed by atoms with Crippen LogP contribution in [0.15, 0.2) is 47.4 Å². The number of hydrogen-bond donors (Lipinski definition) is 0. The average Bonchev–Trinajstić information content (AvgIpc) is 2.78. The molecule has 0 radical (unpaired) electrons. The van der Waals surface area contributed by atoms with E-state index in [2.05, 4.69) is 11.8 Å². The van der Waals surface area contributed by atoms with Gasteiger partial charge in [-0.1, -0.05) is 43.5 Å². The molecule has 1 aliphatic carbocycles. The van der Waals surface area contributed by atoms with Crippen LogP contribution in [0.3, 0.4) is 0 Å². The van der Waals surface area contributed by atoms with Crippen LogP contribution in [-0.4, -0.2) is 53.8 Å². The Bertz CT molecular complexity index is 1040. The Balaban J connectivity index is 2.11. The van der Waals surface area contributed by atoms with Crippen LogP contribution in [0.5, 0.6) is 11.5 Å². The van der Waals surface area contributed by atoms with Crippen LogP contribution in [-0.2, 0) is 14.3 Å². The van der Waals surface area contributed by atoms with Crippen molar-refractivity contribution < 1.29 is 22.1 Å². The highest BCUT2D eigenvalue weighted by molar-refractivity contribution is 7.86. The first-order chi connectivity index (χ1) is 15.6. The molecule has 0 heterocycles.